The molecule has 1 N–H and O–H groups in total. The topological polar surface area (TPSA) is 58.6 Å². The summed E-state index contributed by atoms with van der Waals surface area (Å²) in [6, 6.07) is 24.1. The number of carbonyl (C=O) groups is 2. The molecule has 3 aromatic carbocycles. The van der Waals surface area contributed by atoms with Crippen molar-refractivity contribution in [3.63, 3.8) is 0 Å². The zero-order valence-corrected chi connectivity index (χ0v) is 22.0. The van der Waals surface area contributed by atoms with Gasteiger partial charge in [0.1, 0.15) is 11.8 Å². The summed E-state index contributed by atoms with van der Waals surface area (Å²) in [7, 11) is 0. The van der Waals surface area contributed by atoms with E-state index in [0.717, 1.165) is 23.1 Å². The average Bonchev–Trinajstić information content (AvgIpc) is 2.89. The molecule has 190 valence electrons. The first-order valence-electron chi connectivity index (χ1n) is 12.5. The van der Waals surface area contributed by atoms with E-state index in [2.05, 4.69) is 19.2 Å². The molecule has 1 atom stereocenters. The lowest BCUT2D eigenvalue weighted by Crippen LogP contribution is -2.51. The number of nitrogens with zero attached hydrogens (tertiary/aromatic N) is 1. The van der Waals surface area contributed by atoms with E-state index in [4.69, 9.17) is 16.3 Å². The predicted octanol–water partition coefficient (Wildman–Crippen LogP) is 6.01. The van der Waals surface area contributed by atoms with Crippen LogP contribution in [0.1, 0.15) is 49.8 Å². The Kier molecular flexibility index (Phi) is 10.4. The second-order valence-electron chi connectivity index (χ2n) is 9.09. The van der Waals surface area contributed by atoms with Crippen molar-refractivity contribution in [2.45, 2.75) is 52.1 Å². The van der Waals surface area contributed by atoms with Crippen molar-refractivity contribution >= 4 is 23.4 Å². The van der Waals surface area contributed by atoms with Gasteiger partial charge in [-0.2, -0.15) is 0 Å². The first-order valence-corrected chi connectivity index (χ1v) is 12.8. The fraction of sp³-hybridized carbons (Fsp3) is 0.333. The maximum atomic E-state index is 13.7. The van der Waals surface area contributed by atoms with Crippen LogP contribution >= 0.6 is 11.6 Å². The number of rotatable bonds is 12. The maximum Gasteiger partial charge on any atom is 0.261 e. The van der Waals surface area contributed by atoms with Crippen molar-refractivity contribution in [2.24, 2.45) is 0 Å². The number of benzene rings is 3. The number of carbonyl (C=O) groups excluding carboxylic acids is 2. The van der Waals surface area contributed by atoms with E-state index < -0.39 is 6.04 Å². The minimum atomic E-state index is -0.716. The van der Waals surface area contributed by atoms with Crippen molar-refractivity contribution in [3.8, 4) is 5.75 Å². The highest BCUT2D eigenvalue weighted by atomic mass is 35.5. The second-order valence-corrected chi connectivity index (χ2v) is 9.50. The predicted molar refractivity (Wildman–Crippen MR) is 145 cm³/mol. The quantitative estimate of drug-likeness (QED) is 0.327. The van der Waals surface area contributed by atoms with E-state index in [1.54, 1.807) is 11.0 Å². The Hall–Kier alpha value is -3.31. The standard InChI is InChI=1S/C30H35ClN2O3/c1-4-18-32-30(35)27(19-23-12-6-5-7-13-23)33(20-24-14-8-10-16-26(24)31)29(34)21-36-28-17-11-9-15-25(28)22(2)3/h5-17,22,27H,4,18-21H2,1-3H3,(H,32,35)/t27-/m0/s1. The van der Waals surface area contributed by atoms with Gasteiger partial charge in [0, 0.05) is 24.5 Å². The van der Waals surface area contributed by atoms with Crippen LogP contribution in [0.3, 0.4) is 0 Å². The molecule has 0 aliphatic heterocycles. The zero-order valence-electron chi connectivity index (χ0n) is 21.2. The molecule has 5 nitrogen and oxygen atoms in total. The van der Waals surface area contributed by atoms with Gasteiger partial charge >= 0.3 is 0 Å². The summed E-state index contributed by atoms with van der Waals surface area (Å²) in [5.41, 5.74) is 2.78. The Morgan fingerprint density at radius 1 is 0.944 bits per heavy atom. The van der Waals surface area contributed by atoms with E-state index in [0.29, 0.717) is 23.7 Å². The van der Waals surface area contributed by atoms with Crippen LogP contribution in [0.25, 0.3) is 0 Å². The summed E-state index contributed by atoms with van der Waals surface area (Å²) in [6.07, 6.45) is 1.19. The molecule has 0 aliphatic rings. The van der Waals surface area contributed by atoms with Crippen LogP contribution in [-0.2, 0) is 22.6 Å². The lowest BCUT2D eigenvalue weighted by molar-refractivity contribution is -0.142. The van der Waals surface area contributed by atoms with Crippen molar-refractivity contribution in [2.75, 3.05) is 13.2 Å². The van der Waals surface area contributed by atoms with Gasteiger partial charge in [-0.1, -0.05) is 99.1 Å². The third kappa shape index (κ3) is 7.59. The van der Waals surface area contributed by atoms with Crippen LogP contribution < -0.4 is 10.1 Å². The summed E-state index contributed by atoms with van der Waals surface area (Å²) in [5.74, 6) is 0.458. The lowest BCUT2D eigenvalue weighted by Gasteiger charge is -2.32. The van der Waals surface area contributed by atoms with Crippen LogP contribution in [-0.4, -0.2) is 35.9 Å². The van der Waals surface area contributed by atoms with E-state index in [1.807, 2.05) is 79.7 Å². The smallest absolute Gasteiger partial charge is 0.261 e. The number of hydrogen-bond donors (Lipinski definition) is 1. The van der Waals surface area contributed by atoms with Crippen molar-refractivity contribution in [1.82, 2.24) is 10.2 Å². The van der Waals surface area contributed by atoms with Crippen LogP contribution in [0, 0.1) is 0 Å². The van der Waals surface area contributed by atoms with Crippen LogP contribution in [0.2, 0.25) is 5.02 Å². The van der Waals surface area contributed by atoms with E-state index >= 15 is 0 Å². The Labute approximate surface area is 219 Å². The Balaban J connectivity index is 1.92. The molecular weight excluding hydrogens is 472 g/mol. The van der Waals surface area contributed by atoms with Gasteiger partial charge in [0.25, 0.3) is 5.91 Å². The van der Waals surface area contributed by atoms with Gasteiger partial charge in [-0.05, 0) is 41.2 Å². The fourth-order valence-corrected chi connectivity index (χ4v) is 4.24. The van der Waals surface area contributed by atoms with E-state index in [1.165, 1.54) is 0 Å². The number of halogens is 1. The first-order chi connectivity index (χ1) is 17.4. The Morgan fingerprint density at radius 3 is 2.31 bits per heavy atom. The van der Waals surface area contributed by atoms with Gasteiger partial charge in [0.05, 0.1) is 0 Å². The van der Waals surface area contributed by atoms with Gasteiger partial charge in [0.15, 0.2) is 6.61 Å². The molecule has 0 unspecified atom stereocenters. The number of amides is 2. The third-order valence-corrected chi connectivity index (χ3v) is 6.38. The molecule has 0 fully saturated rings. The molecule has 6 heteroatoms. The average molecular weight is 507 g/mol. The van der Waals surface area contributed by atoms with Crippen molar-refractivity contribution in [1.29, 1.82) is 0 Å². The molecular formula is C30H35ClN2O3. The highest BCUT2D eigenvalue weighted by molar-refractivity contribution is 6.31. The molecule has 0 saturated carbocycles. The molecule has 0 spiro atoms. The maximum absolute atomic E-state index is 13.7. The highest BCUT2D eigenvalue weighted by Gasteiger charge is 2.31. The van der Waals surface area contributed by atoms with Gasteiger partial charge in [-0.25, -0.2) is 0 Å². The molecule has 0 aromatic heterocycles. The minimum absolute atomic E-state index is 0.180. The van der Waals surface area contributed by atoms with Crippen molar-refractivity contribution < 1.29 is 14.3 Å². The molecule has 2 amide bonds. The third-order valence-electron chi connectivity index (χ3n) is 6.01. The summed E-state index contributed by atoms with van der Waals surface area (Å²) >= 11 is 6.46. The molecule has 3 aromatic rings. The summed E-state index contributed by atoms with van der Waals surface area (Å²) in [5, 5.41) is 3.53. The Bertz CT molecular complexity index is 1130. The number of nitrogens with one attached hydrogen (secondary N) is 1. The Morgan fingerprint density at radius 2 is 1.61 bits per heavy atom. The van der Waals surface area contributed by atoms with E-state index in [-0.39, 0.29) is 30.9 Å². The van der Waals surface area contributed by atoms with Crippen molar-refractivity contribution in [3.05, 3.63) is 101 Å². The fourth-order valence-electron chi connectivity index (χ4n) is 4.04. The highest BCUT2D eigenvalue weighted by Crippen LogP contribution is 2.26. The summed E-state index contributed by atoms with van der Waals surface area (Å²) < 4.78 is 6.01. The lowest BCUT2D eigenvalue weighted by atomic mass is 10.0. The normalized spacial score (nSPS) is 11.7. The molecule has 0 aliphatic carbocycles. The van der Waals surface area contributed by atoms with Gasteiger partial charge in [-0.15, -0.1) is 0 Å². The first kappa shape index (κ1) is 27.3. The molecule has 0 radical (unpaired) electrons. The molecule has 36 heavy (non-hydrogen) atoms. The van der Waals surface area contributed by atoms with Crippen LogP contribution in [0.5, 0.6) is 5.75 Å². The van der Waals surface area contributed by atoms with Crippen LogP contribution in [0.4, 0.5) is 0 Å². The molecule has 3 rings (SSSR count). The molecule has 0 heterocycles. The van der Waals surface area contributed by atoms with Crippen LogP contribution in [0.15, 0.2) is 78.9 Å². The number of ether oxygens (including phenoxy) is 1. The van der Waals surface area contributed by atoms with E-state index in [9.17, 15) is 9.59 Å². The summed E-state index contributed by atoms with van der Waals surface area (Å²) in [4.78, 5) is 28.7. The number of para-hydroxylation sites is 1. The van der Waals surface area contributed by atoms with Gasteiger partial charge < -0.3 is 15.0 Å². The monoisotopic (exact) mass is 506 g/mol. The van der Waals surface area contributed by atoms with Gasteiger partial charge in [-0.3, -0.25) is 9.59 Å². The zero-order chi connectivity index (χ0) is 25.9. The molecule has 0 saturated heterocycles. The molecule has 0 bridgehead atoms. The largest absolute Gasteiger partial charge is 0.483 e. The minimum Gasteiger partial charge on any atom is -0.483 e. The SMILES string of the molecule is CCCNC(=O)[C@H](Cc1ccccc1)N(Cc1ccccc1Cl)C(=O)COc1ccccc1C(C)C. The number of hydrogen-bond acceptors (Lipinski definition) is 3. The second kappa shape index (κ2) is 13.7. The summed E-state index contributed by atoms with van der Waals surface area (Å²) in [6.45, 7) is 6.73. The van der Waals surface area contributed by atoms with Gasteiger partial charge in [0.2, 0.25) is 5.91 Å².